The molecule has 0 atom stereocenters. The van der Waals surface area contributed by atoms with E-state index in [0.29, 0.717) is 38.4 Å². The Hall–Kier alpha value is -2.86. The molecule has 0 saturated carbocycles. The molecule has 2 N–H and O–H groups in total. The van der Waals surface area contributed by atoms with Crippen molar-refractivity contribution in [3.63, 3.8) is 0 Å². The molecule has 0 unspecified atom stereocenters. The largest absolute Gasteiger partial charge is 0.378 e. The van der Waals surface area contributed by atoms with E-state index in [9.17, 15) is 9.59 Å². The maximum atomic E-state index is 12.3. The van der Waals surface area contributed by atoms with Gasteiger partial charge in [-0.2, -0.15) is 0 Å². The van der Waals surface area contributed by atoms with Gasteiger partial charge in [-0.25, -0.2) is 4.79 Å². The van der Waals surface area contributed by atoms with Crippen molar-refractivity contribution in [2.75, 3.05) is 36.9 Å². The second-order valence-electron chi connectivity index (χ2n) is 6.82. The first-order valence-electron chi connectivity index (χ1n) is 9.10. The molecule has 3 amide bonds. The number of morpholine rings is 1. The van der Waals surface area contributed by atoms with Crippen LogP contribution in [0, 0.1) is 13.8 Å². The lowest BCUT2D eigenvalue weighted by Gasteiger charge is -2.26. The predicted molar refractivity (Wildman–Crippen MR) is 106 cm³/mol. The average molecular weight is 367 g/mol. The van der Waals surface area contributed by atoms with E-state index in [4.69, 9.17) is 4.74 Å². The molecule has 3 rings (SSSR count). The molecule has 6 nitrogen and oxygen atoms in total. The summed E-state index contributed by atoms with van der Waals surface area (Å²) < 4.78 is 5.27. The quantitative estimate of drug-likeness (QED) is 0.871. The van der Waals surface area contributed by atoms with Crippen LogP contribution in [0.2, 0.25) is 0 Å². The molecule has 0 radical (unpaired) electrons. The Morgan fingerprint density at radius 3 is 2.15 bits per heavy atom. The molecule has 2 aromatic carbocycles. The summed E-state index contributed by atoms with van der Waals surface area (Å²) in [4.78, 5) is 26.3. The summed E-state index contributed by atoms with van der Waals surface area (Å²) in [6.45, 7) is 6.49. The highest BCUT2D eigenvalue weighted by Crippen LogP contribution is 2.15. The van der Waals surface area contributed by atoms with Gasteiger partial charge in [-0.3, -0.25) is 4.79 Å². The fourth-order valence-corrected chi connectivity index (χ4v) is 3.15. The SMILES string of the molecule is Cc1cc(C)cc(NC(=O)Nc2ccc(CC(=O)N3CCOCC3)cc2)c1. The van der Waals surface area contributed by atoms with Crippen LogP contribution in [0.4, 0.5) is 16.2 Å². The molecule has 1 heterocycles. The Bertz CT molecular complexity index is 792. The highest BCUT2D eigenvalue weighted by Gasteiger charge is 2.16. The van der Waals surface area contributed by atoms with Crippen LogP contribution in [0.1, 0.15) is 16.7 Å². The molecule has 1 aliphatic rings. The molecule has 27 heavy (non-hydrogen) atoms. The highest BCUT2D eigenvalue weighted by atomic mass is 16.5. The van der Waals surface area contributed by atoms with Crippen molar-refractivity contribution in [2.24, 2.45) is 0 Å². The summed E-state index contributed by atoms with van der Waals surface area (Å²) in [6.07, 6.45) is 0.356. The molecule has 2 aromatic rings. The number of nitrogens with zero attached hydrogens (tertiary/aromatic N) is 1. The summed E-state index contributed by atoms with van der Waals surface area (Å²) in [5.74, 6) is 0.103. The van der Waals surface area contributed by atoms with Gasteiger partial charge >= 0.3 is 6.03 Å². The number of nitrogens with one attached hydrogen (secondary N) is 2. The van der Waals surface area contributed by atoms with E-state index in [-0.39, 0.29) is 11.9 Å². The Kier molecular flexibility index (Phi) is 6.08. The van der Waals surface area contributed by atoms with Crippen LogP contribution in [0.15, 0.2) is 42.5 Å². The van der Waals surface area contributed by atoms with Gasteiger partial charge in [0.05, 0.1) is 19.6 Å². The van der Waals surface area contributed by atoms with E-state index in [1.54, 1.807) is 0 Å². The minimum absolute atomic E-state index is 0.103. The molecule has 0 aliphatic carbocycles. The number of carbonyl (C=O) groups is 2. The molecule has 0 aromatic heterocycles. The number of ether oxygens (including phenoxy) is 1. The van der Waals surface area contributed by atoms with Gasteiger partial charge < -0.3 is 20.3 Å². The lowest BCUT2D eigenvalue weighted by molar-refractivity contribution is -0.134. The molecule has 6 heteroatoms. The molecular formula is C21H25N3O3. The zero-order chi connectivity index (χ0) is 19.2. The van der Waals surface area contributed by atoms with Gasteiger partial charge in [0, 0.05) is 24.5 Å². The minimum atomic E-state index is -0.294. The smallest absolute Gasteiger partial charge is 0.323 e. The van der Waals surface area contributed by atoms with E-state index in [1.165, 1.54) is 0 Å². The monoisotopic (exact) mass is 367 g/mol. The Balaban J connectivity index is 1.53. The third-order valence-corrected chi connectivity index (χ3v) is 4.41. The maximum Gasteiger partial charge on any atom is 0.323 e. The van der Waals surface area contributed by atoms with Gasteiger partial charge in [-0.15, -0.1) is 0 Å². The maximum absolute atomic E-state index is 12.3. The number of aryl methyl sites for hydroxylation is 2. The van der Waals surface area contributed by atoms with Crippen LogP contribution >= 0.6 is 0 Å². The average Bonchev–Trinajstić information content (AvgIpc) is 2.63. The second-order valence-corrected chi connectivity index (χ2v) is 6.82. The van der Waals surface area contributed by atoms with E-state index < -0.39 is 0 Å². The summed E-state index contributed by atoms with van der Waals surface area (Å²) in [5.41, 5.74) is 4.56. The fraction of sp³-hybridized carbons (Fsp3) is 0.333. The van der Waals surface area contributed by atoms with Crippen LogP contribution < -0.4 is 10.6 Å². The van der Waals surface area contributed by atoms with Crippen LogP contribution in [0.5, 0.6) is 0 Å². The Morgan fingerprint density at radius 1 is 0.926 bits per heavy atom. The van der Waals surface area contributed by atoms with Gasteiger partial charge in [0.2, 0.25) is 5.91 Å². The van der Waals surface area contributed by atoms with Crippen LogP contribution in [-0.4, -0.2) is 43.1 Å². The first kappa shape index (κ1) is 18.9. The molecule has 1 fully saturated rings. The van der Waals surface area contributed by atoms with Crippen LogP contribution in [0.25, 0.3) is 0 Å². The van der Waals surface area contributed by atoms with Gasteiger partial charge in [0.1, 0.15) is 0 Å². The number of anilines is 2. The van der Waals surface area contributed by atoms with Crippen molar-refractivity contribution >= 4 is 23.3 Å². The zero-order valence-electron chi connectivity index (χ0n) is 15.7. The summed E-state index contributed by atoms with van der Waals surface area (Å²) in [5, 5.41) is 5.65. The van der Waals surface area contributed by atoms with Crippen LogP contribution in [0.3, 0.4) is 0 Å². The molecule has 0 bridgehead atoms. The van der Waals surface area contributed by atoms with E-state index >= 15 is 0 Å². The number of rotatable bonds is 4. The first-order valence-corrected chi connectivity index (χ1v) is 9.10. The highest BCUT2D eigenvalue weighted by molar-refractivity contribution is 5.99. The van der Waals surface area contributed by atoms with Gasteiger partial charge in [0.25, 0.3) is 0 Å². The van der Waals surface area contributed by atoms with Crippen molar-refractivity contribution in [3.05, 3.63) is 59.2 Å². The van der Waals surface area contributed by atoms with Gasteiger partial charge in [-0.1, -0.05) is 18.2 Å². The normalized spacial score (nSPS) is 13.9. The molecule has 142 valence electrons. The number of carbonyl (C=O) groups excluding carboxylic acids is 2. The standard InChI is InChI=1S/C21H25N3O3/c1-15-11-16(2)13-19(12-15)23-21(26)22-18-5-3-17(4-6-18)14-20(25)24-7-9-27-10-8-24/h3-6,11-13H,7-10,14H2,1-2H3,(H2,22,23,26). The summed E-state index contributed by atoms with van der Waals surface area (Å²) in [7, 11) is 0. The molecule has 1 aliphatic heterocycles. The third-order valence-electron chi connectivity index (χ3n) is 4.41. The van der Waals surface area contributed by atoms with E-state index in [0.717, 1.165) is 22.4 Å². The number of benzene rings is 2. The van der Waals surface area contributed by atoms with Gasteiger partial charge in [-0.05, 0) is 54.8 Å². The van der Waals surface area contributed by atoms with Crippen molar-refractivity contribution in [1.82, 2.24) is 4.90 Å². The summed E-state index contributed by atoms with van der Waals surface area (Å²) in [6, 6.07) is 13.0. The van der Waals surface area contributed by atoms with Crippen molar-refractivity contribution < 1.29 is 14.3 Å². The predicted octanol–water partition coefficient (Wildman–Crippen LogP) is 3.35. The number of hydrogen-bond donors (Lipinski definition) is 2. The van der Waals surface area contributed by atoms with Gasteiger partial charge in [0.15, 0.2) is 0 Å². The molecular weight excluding hydrogens is 342 g/mol. The second kappa shape index (κ2) is 8.68. The third kappa shape index (κ3) is 5.56. The lowest BCUT2D eigenvalue weighted by atomic mass is 10.1. The topological polar surface area (TPSA) is 70.7 Å². The zero-order valence-corrected chi connectivity index (χ0v) is 15.7. The van der Waals surface area contributed by atoms with Crippen molar-refractivity contribution in [2.45, 2.75) is 20.3 Å². The minimum Gasteiger partial charge on any atom is -0.378 e. The van der Waals surface area contributed by atoms with E-state index in [1.807, 2.05) is 55.1 Å². The van der Waals surface area contributed by atoms with Crippen LogP contribution in [-0.2, 0) is 16.0 Å². The lowest BCUT2D eigenvalue weighted by Crippen LogP contribution is -2.41. The molecule has 1 saturated heterocycles. The number of urea groups is 1. The van der Waals surface area contributed by atoms with Crippen molar-refractivity contribution in [3.8, 4) is 0 Å². The molecule has 0 spiro atoms. The number of amides is 3. The fourth-order valence-electron chi connectivity index (χ4n) is 3.15. The van der Waals surface area contributed by atoms with Crippen molar-refractivity contribution in [1.29, 1.82) is 0 Å². The Labute approximate surface area is 159 Å². The van der Waals surface area contributed by atoms with E-state index in [2.05, 4.69) is 16.7 Å². The number of hydrogen-bond acceptors (Lipinski definition) is 3. The Morgan fingerprint density at radius 2 is 1.52 bits per heavy atom. The first-order chi connectivity index (χ1) is 13.0. The summed E-state index contributed by atoms with van der Waals surface area (Å²) >= 11 is 0.